The predicted molar refractivity (Wildman–Crippen MR) is 78.2 cm³/mol. The minimum Gasteiger partial charge on any atom is -0.355 e. The fourth-order valence-corrected chi connectivity index (χ4v) is 2.56. The van der Waals surface area contributed by atoms with Gasteiger partial charge in [-0.2, -0.15) is 0 Å². The van der Waals surface area contributed by atoms with Crippen LogP contribution < -0.4 is 10.6 Å². The van der Waals surface area contributed by atoms with E-state index in [0.717, 1.165) is 31.3 Å². The largest absolute Gasteiger partial charge is 0.355 e. The summed E-state index contributed by atoms with van der Waals surface area (Å²) in [5.74, 6) is -0.627. The third-order valence-corrected chi connectivity index (χ3v) is 3.51. The second kappa shape index (κ2) is 5.49. The van der Waals surface area contributed by atoms with E-state index in [2.05, 4.69) is 10.6 Å². The van der Waals surface area contributed by atoms with Gasteiger partial charge >= 0.3 is 0 Å². The SMILES string of the molecule is O=[N+]([O-])c1cc(F)cc(Nc2cccc3c2CCNC3)c1. The Labute approximate surface area is 120 Å². The summed E-state index contributed by atoms with van der Waals surface area (Å²) >= 11 is 0. The summed E-state index contributed by atoms with van der Waals surface area (Å²) in [5.41, 5.74) is 3.35. The van der Waals surface area contributed by atoms with Gasteiger partial charge in [-0.15, -0.1) is 0 Å². The van der Waals surface area contributed by atoms with Crippen LogP contribution in [0.15, 0.2) is 36.4 Å². The van der Waals surface area contributed by atoms with Gasteiger partial charge in [-0.1, -0.05) is 12.1 Å². The molecule has 6 heteroatoms. The zero-order valence-electron chi connectivity index (χ0n) is 11.2. The van der Waals surface area contributed by atoms with E-state index in [1.807, 2.05) is 18.2 Å². The van der Waals surface area contributed by atoms with E-state index in [9.17, 15) is 14.5 Å². The van der Waals surface area contributed by atoms with E-state index >= 15 is 0 Å². The topological polar surface area (TPSA) is 67.2 Å². The predicted octanol–water partition coefficient (Wildman–Crippen LogP) is 3.12. The first-order valence-corrected chi connectivity index (χ1v) is 6.67. The molecule has 21 heavy (non-hydrogen) atoms. The minimum atomic E-state index is -0.627. The summed E-state index contributed by atoms with van der Waals surface area (Å²) in [6, 6.07) is 9.37. The lowest BCUT2D eigenvalue weighted by atomic mass is 9.99. The van der Waals surface area contributed by atoms with Gasteiger partial charge in [-0.05, 0) is 36.2 Å². The van der Waals surface area contributed by atoms with Crippen LogP contribution in [0.2, 0.25) is 0 Å². The van der Waals surface area contributed by atoms with Crippen LogP contribution in [0.3, 0.4) is 0 Å². The first kappa shape index (κ1) is 13.5. The Kier molecular flexibility index (Phi) is 3.53. The van der Waals surface area contributed by atoms with Crippen LogP contribution in [-0.4, -0.2) is 11.5 Å². The lowest BCUT2D eigenvalue weighted by Gasteiger charge is -2.21. The molecule has 1 heterocycles. The van der Waals surface area contributed by atoms with Crippen molar-refractivity contribution in [1.82, 2.24) is 5.32 Å². The summed E-state index contributed by atoms with van der Waals surface area (Å²) in [7, 11) is 0. The number of nitrogens with zero attached hydrogens (tertiary/aromatic N) is 1. The maximum Gasteiger partial charge on any atom is 0.274 e. The summed E-state index contributed by atoms with van der Waals surface area (Å²) < 4.78 is 13.5. The number of halogens is 1. The number of benzene rings is 2. The van der Waals surface area contributed by atoms with Gasteiger partial charge in [0, 0.05) is 24.0 Å². The molecule has 1 aliphatic rings. The number of non-ortho nitro benzene ring substituents is 1. The third-order valence-electron chi connectivity index (χ3n) is 3.51. The Morgan fingerprint density at radius 1 is 1.29 bits per heavy atom. The highest BCUT2D eigenvalue weighted by molar-refractivity contribution is 5.67. The van der Waals surface area contributed by atoms with Crippen molar-refractivity contribution in [3.63, 3.8) is 0 Å². The molecule has 2 aromatic rings. The molecule has 0 aromatic heterocycles. The van der Waals surface area contributed by atoms with Crippen molar-refractivity contribution >= 4 is 17.1 Å². The Bertz CT molecular complexity index is 703. The normalized spacial score (nSPS) is 13.6. The van der Waals surface area contributed by atoms with E-state index < -0.39 is 10.7 Å². The molecule has 0 unspecified atom stereocenters. The van der Waals surface area contributed by atoms with Crippen LogP contribution in [0.1, 0.15) is 11.1 Å². The second-order valence-corrected chi connectivity index (χ2v) is 4.95. The molecule has 2 aromatic carbocycles. The maximum absolute atomic E-state index is 13.5. The van der Waals surface area contributed by atoms with Gasteiger partial charge in [0.05, 0.1) is 11.0 Å². The fourth-order valence-electron chi connectivity index (χ4n) is 2.56. The van der Waals surface area contributed by atoms with Crippen LogP contribution in [0.4, 0.5) is 21.5 Å². The zero-order valence-corrected chi connectivity index (χ0v) is 11.2. The van der Waals surface area contributed by atoms with Gasteiger partial charge in [-0.3, -0.25) is 10.1 Å². The molecule has 0 radical (unpaired) electrons. The van der Waals surface area contributed by atoms with Crippen LogP contribution >= 0.6 is 0 Å². The van der Waals surface area contributed by atoms with E-state index in [1.54, 1.807) is 0 Å². The minimum absolute atomic E-state index is 0.260. The molecule has 0 spiro atoms. The molecule has 0 fully saturated rings. The number of fused-ring (bicyclic) bond motifs is 1. The van der Waals surface area contributed by atoms with E-state index in [1.165, 1.54) is 23.3 Å². The smallest absolute Gasteiger partial charge is 0.274 e. The second-order valence-electron chi connectivity index (χ2n) is 4.95. The molecule has 0 amide bonds. The van der Waals surface area contributed by atoms with E-state index in [0.29, 0.717) is 5.69 Å². The standard InChI is InChI=1S/C15H14FN3O2/c16-11-6-12(8-13(7-11)19(20)21)18-15-3-1-2-10-9-17-5-4-14(10)15/h1-3,6-8,17-18H,4-5,9H2. The molecular weight excluding hydrogens is 273 g/mol. The van der Waals surface area contributed by atoms with Crippen LogP contribution in [0, 0.1) is 15.9 Å². The lowest BCUT2D eigenvalue weighted by Crippen LogP contribution is -2.24. The van der Waals surface area contributed by atoms with E-state index in [-0.39, 0.29) is 5.69 Å². The van der Waals surface area contributed by atoms with Crippen molar-refractivity contribution in [3.05, 3.63) is 63.5 Å². The first-order valence-electron chi connectivity index (χ1n) is 6.67. The van der Waals surface area contributed by atoms with Crippen molar-refractivity contribution in [1.29, 1.82) is 0 Å². The Morgan fingerprint density at radius 2 is 2.14 bits per heavy atom. The molecule has 0 saturated carbocycles. The molecule has 2 N–H and O–H groups in total. The molecule has 5 nitrogen and oxygen atoms in total. The van der Waals surface area contributed by atoms with Crippen molar-refractivity contribution < 1.29 is 9.31 Å². The highest BCUT2D eigenvalue weighted by atomic mass is 19.1. The first-order chi connectivity index (χ1) is 10.1. The van der Waals surface area contributed by atoms with Crippen LogP contribution in [0.25, 0.3) is 0 Å². The molecule has 3 rings (SSSR count). The number of nitro benzene ring substituents is 1. The van der Waals surface area contributed by atoms with Crippen molar-refractivity contribution in [2.75, 3.05) is 11.9 Å². The maximum atomic E-state index is 13.5. The van der Waals surface area contributed by atoms with Gasteiger partial charge in [0.25, 0.3) is 5.69 Å². The zero-order chi connectivity index (χ0) is 14.8. The molecule has 0 aliphatic carbocycles. The number of nitro groups is 1. The van der Waals surface area contributed by atoms with Gasteiger partial charge in [-0.25, -0.2) is 4.39 Å². The quantitative estimate of drug-likeness (QED) is 0.672. The Morgan fingerprint density at radius 3 is 2.95 bits per heavy atom. The van der Waals surface area contributed by atoms with Gasteiger partial charge < -0.3 is 10.6 Å². The lowest BCUT2D eigenvalue weighted by molar-refractivity contribution is -0.385. The monoisotopic (exact) mass is 287 g/mol. The highest BCUT2D eigenvalue weighted by Gasteiger charge is 2.14. The molecule has 0 atom stereocenters. The van der Waals surface area contributed by atoms with Crippen LogP contribution in [-0.2, 0) is 13.0 Å². The summed E-state index contributed by atoms with van der Waals surface area (Å²) in [4.78, 5) is 10.2. The van der Waals surface area contributed by atoms with Crippen molar-refractivity contribution in [2.45, 2.75) is 13.0 Å². The summed E-state index contributed by atoms with van der Waals surface area (Å²) in [6.07, 6.45) is 0.871. The summed E-state index contributed by atoms with van der Waals surface area (Å²) in [5, 5.41) is 17.2. The summed E-state index contributed by atoms with van der Waals surface area (Å²) in [6.45, 7) is 1.68. The number of rotatable bonds is 3. The molecule has 0 bridgehead atoms. The average Bonchev–Trinajstić information content (AvgIpc) is 2.47. The fraction of sp³-hybridized carbons (Fsp3) is 0.200. The van der Waals surface area contributed by atoms with Crippen molar-refractivity contribution in [3.8, 4) is 0 Å². The highest BCUT2D eigenvalue weighted by Crippen LogP contribution is 2.28. The number of nitrogens with one attached hydrogen (secondary N) is 2. The molecule has 108 valence electrons. The molecule has 0 saturated heterocycles. The molecule has 1 aliphatic heterocycles. The van der Waals surface area contributed by atoms with Gasteiger partial charge in [0.2, 0.25) is 0 Å². The van der Waals surface area contributed by atoms with E-state index in [4.69, 9.17) is 0 Å². The van der Waals surface area contributed by atoms with Crippen LogP contribution in [0.5, 0.6) is 0 Å². The Balaban J connectivity index is 1.95. The number of anilines is 2. The number of hydrogen-bond donors (Lipinski definition) is 2. The average molecular weight is 287 g/mol. The molecular formula is C15H14FN3O2. The van der Waals surface area contributed by atoms with Gasteiger partial charge in [0.15, 0.2) is 0 Å². The number of hydrogen-bond acceptors (Lipinski definition) is 4. The van der Waals surface area contributed by atoms with Crippen molar-refractivity contribution in [2.24, 2.45) is 0 Å². The van der Waals surface area contributed by atoms with Gasteiger partial charge in [0.1, 0.15) is 5.82 Å². The Hall–Kier alpha value is -2.47. The third kappa shape index (κ3) is 2.85.